The fourth-order valence-electron chi connectivity index (χ4n) is 1.65. The van der Waals surface area contributed by atoms with Gasteiger partial charge in [-0.1, -0.05) is 20.8 Å². The highest BCUT2D eigenvalue weighted by molar-refractivity contribution is 5.37. The predicted octanol–water partition coefficient (Wildman–Crippen LogP) is 3.18. The molecule has 3 N–H and O–H groups in total. The summed E-state index contributed by atoms with van der Waals surface area (Å²) in [5.74, 6) is 0.203. The molecule has 3 nitrogen and oxygen atoms in total. The summed E-state index contributed by atoms with van der Waals surface area (Å²) in [7, 11) is 0. The first-order valence-electron chi connectivity index (χ1n) is 6.04. The maximum absolute atomic E-state index is 9.41. The molecule has 0 aliphatic heterocycles. The number of hydrogen-bond donors (Lipinski definition) is 3. The smallest absolute Gasteiger partial charge is 0.119 e. The topological polar surface area (TPSA) is 52.5 Å². The molecule has 0 radical (unpaired) electrons. The molecule has 0 aliphatic rings. The van der Waals surface area contributed by atoms with E-state index in [-0.39, 0.29) is 17.5 Å². The van der Waals surface area contributed by atoms with E-state index in [0.717, 1.165) is 18.5 Å². The third-order valence-corrected chi connectivity index (χ3v) is 2.75. The van der Waals surface area contributed by atoms with Gasteiger partial charge in [0.25, 0.3) is 0 Å². The van der Waals surface area contributed by atoms with E-state index < -0.39 is 0 Å². The monoisotopic (exact) mass is 237 g/mol. The van der Waals surface area contributed by atoms with Crippen LogP contribution in [0.1, 0.15) is 45.7 Å². The van der Waals surface area contributed by atoms with E-state index in [4.69, 9.17) is 0 Å². The summed E-state index contributed by atoms with van der Waals surface area (Å²) >= 11 is 0. The minimum atomic E-state index is 0.101. The molecule has 0 aliphatic carbocycles. The summed E-state index contributed by atoms with van der Waals surface area (Å²) < 4.78 is 0. The van der Waals surface area contributed by atoms with Crippen molar-refractivity contribution in [2.75, 3.05) is 6.54 Å². The standard InChI is InChI=1S/C14H23NO2/c1-10(15-6-5-14(2,3)4)11-7-12(16)9-13(17)8-11/h7-10,15-17H,5-6H2,1-4H3. The second-order valence-electron chi connectivity index (χ2n) is 5.77. The highest BCUT2D eigenvalue weighted by Crippen LogP contribution is 2.25. The molecule has 1 atom stereocenters. The maximum Gasteiger partial charge on any atom is 0.119 e. The fourth-order valence-corrected chi connectivity index (χ4v) is 1.65. The Labute approximate surface area is 103 Å². The van der Waals surface area contributed by atoms with Crippen molar-refractivity contribution in [1.82, 2.24) is 5.32 Å². The normalized spacial score (nSPS) is 13.6. The fraction of sp³-hybridized carbons (Fsp3) is 0.571. The minimum absolute atomic E-state index is 0.101. The Balaban J connectivity index is 2.55. The Bertz CT molecular complexity index is 349. The van der Waals surface area contributed by atoms with Crippen LogP contribution < -0.4 is 5.32 Å². The van der Waals surface area contributed by atoms with Crippen LogP contribution in [0.2, 0.25) is 0 Å². The van der Waals surface area contributed by atoms with Crippen molar-refractivity contribution in [3.05, 3.63) is 23.8 Å². The van der Waals surface area contributed by atoms with Crippen molar-refractivity contribution < 1.29 is 10.2 Å². The van der Waals surface area contributed by atoms with Gasteiger partial charge in [-0.2, -0.15) is 0 Å². The van der Waals surface area contributed by atoms with E-state index in [1.165, 1.54) is 6.07 Å². The van der Waals surface area contributed by atoms with Crippen molar-refractivity contribution in [3.63, 3.8) is 0 Å². The van der Waals surface area contributed by atoms with Gasteiger partial charge in [0.15, 0.2) is 0 Å². The van der Waals surface area contributed by atoms with Gasteiger partial charge in [0.1, 0.15) is 11.5 Å². The number of phenolic OH excluding ortho intramolecular Hbond substituents is 2. The van der Waals surface area contributed by atoms with Gasteiger partial charge in [-0.05, 0) is 43.0 Å². The lowest BCUT2D eigenvalue weighted by molar-refractivity contribution is 0.357. The van der Waals surface area contributed by atoms with E-state index >= 15 is 0 Å². The number of hydrogen-bond acceptors (Lipinski definition) is 3. The lowest BCUT2D eigenvalue weighted by atomic mass is 9.92. The van der Waals surface area contributed by atoms with E-state index in [9.17, 15) is 10.2 Å². The first-order valence-corrected chi connectivity index (χ1v) is 6.04. The molecule has 1 aromatic carbocycles. The molecule has 1 unspecified atom stereocenters. The van der Waals surface area contributed by atoms with Crippen molar-refractivity contribution in [3.8, 4) is 11.5 Å². The molecule has 0 aromatic heterocycles. The van der Waals surface area contributed by atoms with Crippen molar-refractivity contribution in [2.45, 2.75) is 40.2 Å². The van der Waals surface area contributed by atoms with Crippen LogP contribution in [-0.2, 0) is 0 Å². The van der Waals surface area contributed by atoms with E-state index in [1.807, 2.05) is 6.92 Å². The molecule has 0 spiro atoms. The average molecular weight is 237 g/mol. The number of rotatable bonds is 4. The molecule has 0 fully saturated rings. The maximum atomic E-state index is 9.41. The van der Waals surface area contributed by atoms with Crippen LogP contribution in [0.25, 0.3) is 0 Å². The van der Waals surface area contributed by atoms with Crippen molar-refractivity contribution in [1.29, 1.82) is 0 Å². The first kappa shape index (κ1) is 13.8. The Kier molecular flexibility index (Phi) is 4.40. The van der Waals surface area contributed by atoms with E-state index in [0.29, 0.717) is 5.41 Å². The SMILES string of the molecule is CC(NCCC(C)(C)C)c1cc(O)cc(O)c1. The lowest BCUT2D eigenvalue weighted by Crippen LogP contribution is -2.23. The molecule has 0 bridgehead atoms. The second kappa shape index (κ2) is 5.41. The quantitative estimate of drug-likeness (QED) is 0.754. The van der Waals surface area contributed by atoms with E-state index in [1.54, 1.807) is 12.1 Å². The van der Waals surface area contributed by atoms with Crippen molar-refractivity contribution in [2.24, 2.45) is 5.41 Å². The van der Waals surface area contributed by atoms with Crippen molar-refractivity contribution >= 4 is 0 Å². The molecule has 0 saturated carbocycles. The number of phenols is 2. The van der Waals surface area contributed by atoms with E-state index in [2.05, 4.69) is 26.1 Å². The predicted molar refractivity (Wildman–Crippen MR) is 70.3 cm³/mol. The van der Waals surface area contributed by atoms with Gasteiger partial charge in [0.05, 0.1) is 0 Å². The zero-order valence-electron chi connectivity index (χ0n) is 11.1. The molecule has 0 heterocycles. The summed E-state index contributed by atoms with van der Waals surface area (Å²) in [5.41, 5.74) is 1.21. The Morgan fingerprint density at radius 3 is 2.12 bits per heavy atom. The Morgan fingerprint density at radius 1 is 1.12 bits per heavy atom. The van der Waals surface area contributed by atoms with Gasteiger partial charge in [-0.15, -0.1) is 0 Å². The molecular weight excluding hydrogens is 214 g/mol. The van der Waals surface area contributed by atoms with Gasteiger partial charge in [-0.25, -0.2) is 0 Å². The number of benzene rings is 1. The molecule has 96 valence electrons. The van der Waals surface area contributed by atoms with Crippen LogP contribution >= 0.6 is 0 Å². The molecule has 17 heavy (non-hydrogen) atoms. The first-order chi connectivity index (χ1) is 7.78. The Hall–Kier alpha value is -1.22. The van der Waals surface area contributed by atoms with Gasteiger partial charge in [0.2, 0.25) is 0 Å². The molecule has 0 saturated heterocycles. The summed E-state index contributed by atoms with van der Waals surface area (Å²) in [6.45, 7) is 9.57. The molecule has 1 aromatic rings. The van der Waals surface area contributed by atoms with Crippen LogP contribution in [0.4, 0.5) is 0 Å². The summed E-state index contributed by atoms with van der Waals surface area (Å²) in [6.07, 6.45) is 1.09. The van der Waals surface area contributed by atoms with Crippen LogP contribution in [0.5, 0.6) is 11.5 Å². The number of nitrogens with one attached hydrogen (secondary N) is 1. The van der Waals surface area contributed by atoms with Gasteiger partial charge in [0, 0.05) is 12.1 Å². The molecule has 3 heteroatoms. The van der Waals surface area contributed by atoms with Crippen LogP contribution in [-0.4, -0.2) is 16.8 Å². The van der Waals surface area contributed by atoms with Gasteiger partial charge < -0.3 is 15.5 Å². The zero-order chi connectivity index (χ0) is 13.1. The second-order valence-corrected chi connectivity index (χ2v) is 5.77. The van der Waals surface area contributed by atoms with Gasteiger partial charge in [-0.3, -0.25) is 0 Å². The van der Waals surface area contributed by atoms with Gasteiger partial charge >= 0.3 is 0 Å². The summed E-state index contributed by atoms with van der Waals surface area (Å²) in [6, 6.07) is 4.81. The average Bonchev–Trinajstić information content (AvgIpc) is 2.13. The van der Waals surface area contributed by atoms with Crippen LogP contribution in [0.3, 0.4) is 0 Å². The molecule has 0 amide bonds. The molecular formula is C14H23NO2. The summed E-state index contributed by atoms with van der Waals surface area (Å²) in [4.78, 5) is 0. The highest BCUT2D eigenvalue weighted by Gasteiger charge is 2.12. The lowest BCUT2D eigenvalue weighted by Gasteiger charge is -2.21. The minimum Gasteiger partial charge on any atom is -0.508 e. The van der Waals surface area contributed by atoms with Crippen LogP contribution in [0, 0.1) is 5.41 Å². The third-order valence-electron chi connectivity index (χ3n) is 2.75. The summed E-state index contributed by atoms with van der Waals surface area (Å²) in [5, 5.41) is 22.2. The molecule has 1 rings (SSSR count). The zero-order valence-corrected chi connectivity index (χ0v) is 11.1. The number of aromatic hydroxyl groups is 2. The largest absolute Gasteiger partial charge is 0.508 e. The van der Waals surface area contributed by atoms with Crippen LogP contribution in [0.15, 0.2) is 18.2 Å². The Morgan fingerprint density at radius 2 is 1.65 bits per heavy atom. The highest BCUT2D eigenvalue weighted by atomic mass is 16.3. The third kappa shape index (κ3) is 5.09.